The molecule has 8 heteroatoms. The molecule has 0 aliphatic carbocycles. The molecule has 0 fully saturated rings. The monoisotopic (exact) mass is 486 g/mol. The molecule has 1 atom stereocenters. The Kier molecular flexibility index (Phi) is 6.37. The fraction of sp³-hybridized carbons (Fsp3) is 0.222. The first-order valence-electron chi connectivity index (χ1n) is 11.5. The fourth-order valence-corrected chi connectivity index (χ4v) is 4.53. The number of furan rings is 1. The molecule has 178 valence electrons. The lowest BCUT2D eigenvalue weighted by molar-refractivity contribution is 0.340. The van der Waals surface area contributed by atoms with Crippen molar-refractivity contribution >= 4 is 22.9 Å². The quantitative estimate of drug-likeness (QED) is 0.324. The Hall–Kier alpha value is -3.91. The van der Waals surface area contributed by atoms with Gasteiger partial charge in [0.2, 0.25) is 5.82 Å². The van der Waals surface area contributed by atoms with E-state index in [9.17, 15) is 0 Å². The normalized spacial score (nSPS) is 15.9. The molecular weight excluding hydrogens is 460 g/mol. The van der Waals surface area contributed by atoms with Crippen LogP contribution in [0.4, 0.5) is 0 Å². The first-order valence-corrected chi connectivity index (χ1v) is 11.9. The largest absolute Gasteiger partial charge is 0.494 e. The second-order valence-corrected chi connectivity index (χ2v) is 8.73. The number of nitrogens with zero attached hydrogens (tertiary/aromatic N) is 3. The number of aromatic nitrogens is 2. The minimum atomic E-state index is -0.267. The van der Waals surface area contributed by atoms with E-state index in [4.69, 9.17) is 30.9 Å². The van der Waals surface area contributed by atoms with E-state index in [1.54, 1.807) is 6.26 Å². The summed E-state index contributed by atoms with van der Waals surface area (Å²) < 4.78 is 17.0. The summed E-state index contributed by atoms with van der Waals surface area (Å²) in [6.07, 6.45) is 1.66. The number of rotatable bonds is 7. The number of thiocarbonyl (C=S) groups is 1. The van der Waals surface area contributed by atoms with Crippen LogP contribution in [0.15, 0.2) is 81.6 Å². The van der Waals surface area contributed by atoms with Crippen LogP contribution in [0.1, 0.15) is 42.7 Å². The van der Waals surface area contributed by atoms with Crippen molar-refractivity contribution in [1.29, 1.82) is 0 Å². The Morgan fingerprint density at radius 2 is 1.91 bits per heavy atom. The van der Waals surface area contributed by atoms with Crippen molar-refractivity contribution in [3.05, 3.63) is 95.4 Å². The molecule has 0 saturated carbocycles. The zero-order valence-electron chi connectivity index (χ0n) is 19.8. The van der Waals surface area contributed by atoms with Gasteiger partial charge >= 0.3 is 0 Å². The van der Waals surface area contributed by atoms with Gasteiger partial charge in [0.1, 0.15) is 11.5 Å². The maximum absolute atomic E-state index is 5.82. The molecule has 3 heterocycles. The summed E-state index contributed by atoms with van der Waals surface area (Å²) in [6, 6.07) is 19.5. The summed E-state index contributed by atoms with van der Waals surface area (Å²) >= 11 is 5.77. The van der Waals surface area contributed by atoms with Crippen LogP contribution in [0, 0.1) is 6.92 Å². The summed E-state index contributed by atoms with van der Waals surface area (Å²) in [7, 11) is 0. The molecule has 1 aliphatic rings. The molecule has 0 bridgehead atoms. The lowest BCUT2D eigenvalue weighted by atomic mass is 9.94. The van der Waals surface area contributed by atoms with E-state index in [2.05, 4.69) is 10.5 Å². The fourth-order valence-electron chi connectivity index (χ4n) is 4.21. The molecule has 35 heavy (non-hydrogen) atoms. The molecule has 7 nitrogen and oxygen atoms in total. The van der Waals surface area contributed by atoms with Crippen LogP contribution in [0.25, 0.3) is 17.0 Å². The third kappa shape index (κ3) is 4.70. The molecule has 5 rings (SSSR count). The Balaban J connectivity index is 1.58. The average molecular weight is 487 g/mol. The number of aryl methyl sites for hydroxylation is 1. The summed E-state index contributed by atoms with van der Waals surface area (Å²) in [5, 5.41) is 8.36. The van der Waals surface area contributed by atoms with Gasteiger partial charge in [0.05, 0.1) is 31.0 Å². The van der Waals surface area contributed by atoms with E-state index in [1.165, 1.54) is 0 Å². The number of benzene rings is 2. The molecule has 4 aromatic rings. The molecule has 0 spiro atoms. The number of hydrogen-bond donors (Lipinski definition) is 1. The lowest BCUT2D eigenvalue weighted by Gasteiger charge is -2.37. The van der Waals surface area contributed by atoms with Crippen molar-refractivity contribution in [1.82, 2.24) is 20.4 Å². The zero-order chi connectivity index (χ0) is 24.4. The minimum absolute atomic E-state index is 0.267. The molecule has 1 aliphatic heterocycles. The van der Waals surface area contributed by atoms with Crippen LogP contribution in [0.3, 0.4) is 0 Å². The van der Waals surface area contributed by atoms with Gasteiger partial charge in [-0.3, -0.25) is 0 Å². The standard InChI is InChI=1S/C27H26N4O3S/c1-4-32-21-12-10-19(11-13-21)24-23(18(3)31(27(35)28-24)16-22-9-6-14-33-22)26-29-25(30-34-26)20-8-5-7-17(2)15-20/h5-15,24H,4,16H2,1-3H3,(H,28,35). The highest BCUT2D eigenvalue weighted by Gasteiger charge is 2.34. The summed E-state index contributed by atoms with van der Waals surface area (Å²) in [4.78, 5) is 6.77. The van der Waals surface area contributed by atoms with Crippen LogP contribution >= 0.6 is 12.2 Å². The Bertz CT molecular complexity index is 1360. The maximum atomic E-state index is 5.82. The summed E-state index contributed by atoms with van der Waals surface area (Å²) in [5.41, 5.74) is 4.83. The highest BCUT2D eigenvalue weighted by molar-refractivity contribution is 7.80. The second kappa shape index (κ2) is 9.76. The summed E-state index contributed by atoms with van der Waals surface area (Å²) in [5.74, 6) is 2.60. The number of hydrogen-bond acceptors (Lipinski definition) is 6. The van der Waals surface area contributed by atoms with Crippen LogP contribution in [0.5, 0.6) is 5.75 Å². The number of allylic oxidation sites excluding steroid dienone is 1. The van der Waals surface area contributed by atoms with Gasteiger partial charge in [0.15, 0.2) is 5.11 Å². The highest BCUT2D eigenvalue weighted by atomic mass is 32.1. The van der Waals surface area contributed by atoms with Crippen molar-refractivity contribution in [2.24, 2.45) is 0 Å². The number of ether oxygens (including phenoxy) is 1. The smallest absolute Gasteiger partial charge is 0.258 e. The van der Waals surface area contributed by atoms with E-state index >= 15 is 0 Å². The predicted octanol–water partition coefficient (Wildman–Crippen LogP) is 5.90. The van der Waals surface area contributed by atoms with E-state index < -0.39 is 0 Å². The molecule has 0 amide bonds. The van der Waals surface area contributed by atoms with Crippen molar-refractivity contribution in [2.45, 2.75) is 33.4 Å². The van der Waals surface area contributed by atoms with Crippen molar-refractivity contribution in [3.8, 4) is 17.1 Å². The van der Waals surface area contributed by atoms with Crippen molar-refractivity contribution in [2.75, 3.05) is 6.61 Å². The molecule has 2 aromatic heterocycles. The predicted molar refractivity (Wildman–Crippen MR) is 137 cm³/mol. The van der Waals surface area contributed by atoms with Gasteiger partial charge < -0.3 is 23.9 Å². The van der Waals surface area contributed by atoms with Crippen molar-refractivity contribution in [3.63, 3.8) is 0 Å². The molecular formula is C27H26N4O3S. The summed E-state index contributed by atoms with van der Waals surface area (Å²) in [6.45, 7) is 7.12. The molecule has 2 aromatic carbocycles. The van der Waals surface area contributed by atoms with Gasteiger partial charge in [-0.05, 0) is 68.9 Å². The van der Waals surface area contributed by atoms with Crippen LogP contribution in [0.2, 0.25) is 0 Å². The zero-order valence-corrected chi connectivity index (χ0v) is 20.6. The minimum Gasteiger partial charge on any atom is -0.494 e. The Labute approximate surface area is 209 Å². The molecule has 0 saturated heterocycles. The Morgan fingerprint density at radius 3 is 2.63 bits per heavy atom. The van der Waals surface area contributed by atoms with Gasteiger partial charge in [0, 0.05) is 11.3 Å². The van der Waals surface area contributed by atoms with E-state index in [0.717, 1.165) is 39.5 Å². The number of nitrogens with one attached hydrogen (secondary N) is 1. The first-order chi connectivity index (χ1) is 17.0. The van der Waals surface area contributed by atoms with Gasteiger partial charge in [0.25, 0.3) is 5.89 Å². The molecule has 1 unspecified atom stereocenters. The third-order valence-corrected chi connectivity index (χ3v) is 6.29. The third-order valence-electron chi connectivity index (χ3n) is 5.95. The molecule has 0 radical (unpaired) electrons. The van der Waals surface area contributed by atoms with E-state index in [1.807, 2.05) is 86.3 Å². The van der Waals surface area contributed by atoms with Gasteiger partial charge in [-0.25, -0.2) is 0 Å². The van der Waals surface area contributed by atoms with E-state index in [0.29, 0.717) is 30.0 Å². The van der Waals surface area contributed by atoms with Gasteiger partial charge in [-0.15, -0.1) is 0 Å². The van der Waals surface area contributed by atoms with Crippen LogP contribution < -0.4 is 10.1 Å². The Morgan fingerprint density at radius 1 is 1.09 bits per heavy atom. The second-order valence-electron chi connectivity index (χ2n) is 8.34. The van der Waals surface area contributed by atoms with Gasteiger partial charge in [-0.1, -0.05) is 41.1 Å². The highest BCUT2D eigenvalue weighted by Crippen LogP contribution is 2.38. The van der Waals surface area contributed by atoms with Gasteiger partial charge in [-0.2, -0.15) is 4.98 Å². The SMILES string of the molecule is CCOc1ccc(C2NC(=S)N(Cc3ccco3)C(C)=C2c2nc(-c3cccc(C)c3)no2)cc1. The maximum Gasteiger partial charge on any atom is 0.258 e. The van der Waals surface area contributed by atoms with Crippen molar-refractivity contribution < 1.29 is 13.7 Å². The van der Waals surface area contributed by atoms with E-state index in [-0.39, 0.29) is 6.04 Å². The lowest BCUT2D eigenvalue weighted by Crippen LogP contribution is -2.45. The first kappa shape index (κ1) is 22.9. The molecule has 1 N–H and O–H groups in total. The average Bonchev–Trinajstić information content (AvgIpc) is 3.55. The van der Waals surface area contributed by atoms with Crippen LogP contribution in [-0.4, -0.2) is 26.8 Å². The van der Waals surface area contributed by atoms with Crippen LogP contribution in [-0.2, 0) is 6.54 Å². The topological polar surface area (TPSA) is 76.6 Å².